The maximum absolute atomic E-state index is 12.2. The van der Waals surface area contributed by atoms with Crippen LogP contribution in [0.3, 0.4) is 0 Å². The fourth-order valence-electron chi connectivity index (χ4n) is 1.69. The van der Waals surface area contributed by atoms with Crippen LogP contribution in [0.2, 0.25) is 0 Å². The van der Waals surface area contributed by atoms with Crippen LogP contribution < -0.4 is 9.47 Å². The molecular weight excluding hydrogens is 246 g/mol. The smallest absolute Gasteiger partial charge is 0.170 e. The molecule has 2 rings (SSSR count). The van der Waals surface area contributed by atoms with E-state index >= 15 is 0 Å². The van der Waals surface area contributed by atoms with E-state index in [4.69, 9.17) is 9.47 Å². The van der Waals surface area contributed by atoms with E-state index < -0.39 is 0 Å². The molecule has 0 aliphatic carbocycles. The first kappa shape index (κ1) is 13.1. The molecule has 1 aromatic carbocycles. The number of carbonyl (C=O) groups excluding carboxylic acids is 1. The molecular formula is C13H15N3O3. The Morgan fingerprint density at radius 2 is 1.84 bits per heavy atom. The van der Waals surface area contributed by atoms with E-state index in [1.165, 1.54) is 6.33 Å². The van der Waals surface area contributed by atoms with Crippen LogP contribution in [0.4, 0.5) is 0 Å². The van der Waals surface area contributed by atoms with E-state index in [2.05, 4.69) is 10.1 Å². The highest BCUT2D eigenvalue weighted by Crippen LogP contribution is 2.23. The van der Waals surface area contributed by atoms with Gasteiger partial charge in [0.2, 0.25) is 0 Å². The van der Waals surface area contributed by atoms with Gasteiger partial charge in [-0.2, -0.15) is 5.10 Å². The first-order valence-corrected chi connectivity index (χ1v) is 5.73. The third-order valence-corrected chi connectivity index (χ3v) is 2.80. The highest BCUT2D eigenvalue weighted by atomic mass is 16.5. The van der Waals surface area contributed by atoms with Crippen molar-refractivity contribution in [3.05, 3.63) is 35.9 Å². The summed E-state index contributed by atoms with van der Waals surface area (Å²) in [6.07, 6.45) is 1.61. The molecule has 1 heterocycles. The number of ether oxygens (including phenoxy) is 2. The van der Waals surface area contributed by atoms with Crippen molar-refractivity contribution in [2.45, 2.75) is 6.42 Å². The van der Waals surface area contributed by atoms with Crippen molar-refractivity contribution in [2.75, 3.05) is 14.2 Å². The minimum atomic E-state index is -0.0618. The maximum atomic E-state index is 12.2. The highest BCUT2D eigenvalue weighted by Gasteiger charge is 2.13. The molecule has 0 saturated carbocycles. The number of nitrogens with zero attached hydrogens (tertiary/aromatic N) is 3. The van der Waals surface area contributed by atoms with E-state index in [-0.39, 0.29) is 12.2 Å². The molecule has 1 aromatic heterocycles. The minimum absolute atomic E-state index is 0.0618. The van der Waals surface area contributed by atoms with Gasteiger partial charge in [0, 0.05) is 18.7 Å². The van der Waals surface area contributed by atoms with Crippen LogP contribution >= 0.6 is 0 Å². The van der Waals surface area contributed by atoms with Crippen molar-refractivity contribution in [2.24, 2.45) is 7.05 Å². The molecule has 0 amide bonds. The number of carbonyl (C=O) groups is 1. The second-order valence-electron chi connectivity index (χ2n) is 4.00. The van der Waals surface area contributed by atoms with Crippen LogP contribution in [-0.2, 0) is 13.5 Å². The number of ketones is 1. The van der Waals surface area contributed by atoms with E-state index in [0.29, 0.717) is 22.9 Å². The summed E-state index contributed by atoms with van der Waals surface area (Å²) < 4.78 is 11.9. The molecule has 0 bridgehead atoms. The molecule has 2 aromatic rings. The number of Topliss-reactive ketones (excluding diaryl/α,β-unsaturated/α-hetero) is 1. The summed E-state index contributed by atoms with van der Waals surface area (Å²) in [6, 6.07) is 5.08. The molecule has 0 N–H and O–H groups in total. The van der Waals surface area contributed by atoms with E-state index in [1.807, 2.05) is 0 Å². The Morgan fingerprint density at radius 3 is 2.32 bits per heavy atom. The van der Waals surface area contributed by atoms with E-state index in [9.17, 15) is 4.79 Å². The summed E-state index contributed by atoms with van der Waals surface area (Å²) in [7, 11) is 4.85. The Kier molecular flexibility index (Phi) is 3.79. The van der Waals surface area contributed by atoms with Gasteiger partial charge in [0.05, 0.1) is 20.6 Å². The van der Waals surface area contributed by atoms with Crippen LogP contribution in [0, 0.1) is 0 Å². The molecule has 6 heteroatoms. The number of rotatable bonds is 5. The van der Waals surface area contributed by atoms with Crippen LogP contribution in [-0.4, -0.2) is 34.8 Å². The number of methoxy groups -OCH3 is 2. The van der Waals surface area contributed by atoms with Gasteiger partial charge in [0.15, 0.2) is 5.78 Å². The first-order chi connectivity index (χ1) is 9.13. The Hall–Kier alpha value is -2.37. The average molecular weight is 261 g/mol. The van der Waals surface area contributed by atoms with Crippen molar-refractivity contribution in [3.8, 4) is 11.5 Å². The van der Waals surface area contributed by atoms with Crippen molar-refractivity contribution in [1.82, 2.24) is 14.8 Å². The van der Waals surface area contributed by atoms with E-state index in [0.717, 1.165) is 0 Å². The third-order valence-electron chi connectivity index (χ3n) is 2.80. The molecule has 0 atom stereocenters. The van der Waals surface area contributed by atoms with Crippen LogP contribution in [0.25, 0.3) is 0 Å². The maximum Gasteiger partial charge on any atom is 0.170 e. The summed E-state index contributed by atoms with van der Waals surface area (Å²) in [4.78, 5) is 16.2. The first-order valence-electron chi connectivity index (χ1n) is 5.73. The lowest BCUT2D eigenvalue weighted by molar-refractivity contribution is 0.0989. The lowest BCUT2D eigenvalue weighted by atomic mass is 10.1. The molecule has 6 nitrogen and oxygen atoms in total. The average Bonchev–Trinajstić information content (AvgIpc) is 2.83. The number of hydrogen-bond donors (Lipinski definition) is 0. The quantitative estimate of drug-likeness (QED) is 0.758. The van der Waals surface area contributed by atoms with Gasteiger partial charge in [0.25, 0.3) is 0 Å². The van der Waals surface area contributed by atoms with Crippen molar-refractivity contribution in [1.29, 1.82) is 0 Å². The van der Waals surface area contributed by atoms with Crippen molar-refractivity contribution < 1.29 is 14.3 Å². The summed E-state index contributed by atoms with van der Waals surface area (Å²) >= 11 is 0. The molecule has 0 fully saturated rings. The summed E-state index contributed by atoms with van der Waals surface area (Å²) in [5.74, 6) is 1.72. The zero-order valence-corrected chi connectivity index (χ0v) is 11.1. The fraction of sp³-hybridized carbons (Fsp3) is 0.308. The zero-order valence-electron chi connectivity index (χ0n) is 11.1. The van der Waals surface area contributed by atoms with Gasteiger partial charge in [-0.25, -0.2) is 4.98 Å². The topological polar surface area (TPSA) is 66.2 Å². The predicted molar refractivity (Wildman–Crippen MR) is 68.6 cm³/mol. The Labute approximate surface area is 111 Å². The van der Waals surface area contributed by atoms with Gasteiger partial charge in [0.1, 0.15) is 23.7 Å². The Balaban J connectivity index is 2.25. The molecule has 0 spiro atoms. The van der Waals surface area contributed by atoms with Crippen LogP contribution in [0.1, 0.15) is 16.2 Å². The fourth-order valence-corrected chi connectivity index (χ4v) is 1.69. The summed E-state index contributed by atoms with van der Waals surface area (Å²) in [6.45, 7) is 0. The molecule has 0 saturated heterocycles. The van der Waals surface area contributed by atoms with Gasteiger partial charge >= 0.3 is 0 Å². The van der Waals surface area contributed by atoms with E-state index in [1.54, 1.807) is 44.1 Å². The molecule has 100 valence electrons. The number of hydrogen-bond acceptors (Lipinski definition) is 5. The predicted octanol–water partition coefficient (Wildman–Crippen LogP) is 1.26. The van der Waals surface area contributed by atoms with Crippen LogP contribution in [0.15, 0.2) is 24.5 Å². The van der Waals surface area contributed by atoms with Crippen LogP contribution in [0.5, 0.6) is 11.5 Å². The van der Waals surface area contributed by atoms with Gasteiger partial charge in [-0.1, -0.05) is 0 Å². The summed E-state index contributed by atoms with van der Waals surface area (Å²) in [5.41, 5.74) is 0.527. The van der Waals surface area contributed by atoms with Crippen molar-refractivity contribution in [3.63, 3.8) is 0 Å². The van der Waals surface area contributed by atoms with Crippen molar-refractivity contribution >= 4 is 5.78 Å². The summed E-state index contributed by atoms with van der Waals surface area (Å²) in [5, 5.41) is 3.93. The normalized spacial score (nSPS) is 10.3. The van der Waals surface area contributed by atoms with Gasteiger partial charge in [-0.15, -0.1) is 0 Å². The monoisotopic (exact) mass is 261 g/mol. The van der Waals surface area contributed by atoms with Gasteiger partial charge < -0.3 is 9.47 Å². The van der Waals surface area contributed by atoms with Gasteiger partial charge in [-0.3, -0.25) is 9.48 Å². The highest BCUT2D eigenvalue weighted by molar-refractivity contribution is 5.97. The molecule has 0 radical (unpaired) electrons. The second kappa shape index (κ2) is 5.51. The Bertz CT molecular complexity index is 570. The molecule has 19 heavy (non-hydrogen) atoms. The van der Waals surface area contributed by atoms with Gasteiger partial charge in [-0.05, 0) is 12.1 Å². The zero-order chi connectivity index (χ0) is 13.8. The lowest BCUT2D eigenvalue weighted by Crippen LogP contribution is -2.09. The third kappa shape index (κ3) is 2.90. The minimum Gasteiger partial charge on any atom is -0.497 e. The largest absolute Gasteiger partial charge is 0.497 e. The number of benzene rings is 1. The molecule has 0 unspecified atom stereocenters. The molecule has 0 aliphatic rings. The SMILES string of the molecule is COc1cc(OC)cc(C(=O)Cc2ncnn2C)c1. The number of aromatic nitrogens is 3. The molecule has 0 aliphatic heterocycles. The Morgan fingerprint density at radius 1 is 1.21 bits per heavy atom. The number of aryl methyl sites for hydroxylation is 1. The second-order valence-corrected chi connectivity index (χ2v) is 4.00. The lowest BCUT2D eigenvalue weighted by Gasteiger charge is -2.07. The standard InChI is InChI=1S/C13H15N3O3/c1-16-13(14-8-15-16)7-12(17)9-4-10(18-2)6-11(5-9)19-3/h4-6,8H,7H2,1-3H3.